The fourth-order valence-electron chi connectivity index (χ4n) is 8.41. The van der Waals surface area contributed by atoms with Gasteiger partial charge in [-0.05, 0) is 61.2 Å². The molecule has 2 saturated heterocycles. The molecule has 3 fully saturated rings. The van der Waals surface area contributed by atoms with Crippen molar-refractivity contribution in [3.05, 3.63) is 96.6 Å². The van der Waals surface area contributed by atoms with Crippen molar-refractivity contribution in [2.75, 3.05) is 44.8 Å². The van der Waals surface area contributed by atoms with E-state index in [2.05, 4.69) is 56.6 Å². The minimum absolute atomic E-state index is 0.00597. The topological polar surface area (TPSA) is 148 Å². The van der Waals surface area contributed by atoms with Crippen molar-refractivity contribution in [2.24, 2.45) is 7.05 Å². The zero-order valence-corrected chi connectivity index (χ0v) is 33.3. The highest BCUT2D eigenvalue weighted by molar-refractivity contribution is 6.23. The van der Waals surface area contributed by atoms with Gasteiger partial charge in [0.05, 0.1) is 35.5 Å². The molecule has 14 heteroatoms. The van der Waals surface area contributed by atoms with Gasteiger partial charge < -0.3 is 33.9 Å². The number of amides is 4. The molecule has 3 aliphatic heterocycles. The first-order valence-electron chi connectivity index (χ1n) is 20.3. The predicted molar refractivity (Wildman–Crippen MR) is 221 cm³/mol. The van der Waals surface area contributed by atoms with Crippen LogP contribution in [0.5, 0.6) is 5.88 Å². The number of likely N-dealkylation sites (N-methyl/N-ethyl adjacent to an activating group) is 1. The second kappa shape index (κ2) is 15.9. The highest BCUT2D eigenvalue weighted by atomic mass is 16.5. The first-order chi connectivity index (χ1) is 28.6. The molecular weight excluding hydrogens is 751 g/mol. The van der Waals surface area contributed by atoms with Crippen molar-refractivity contribution in [1.29, 1.82) is 0 Å². The number of anilines is 1. The average Bonchev–Trinajstić information content (AvgIpc) is 3.63. The molecule has 1 unspecified atom stereocenters. The second-order valence-corrected chi connectivity index (χ2v) is 15.9. The summed E-state index contributed by atoms with van der Waals surface area (Å²) in [6.07, 6.45) is 9.27. The molecule has 5 aromatic rings. The van der Waals surface area contributed by atoms with Crippen molar-refractivity contribution >= 4 is 51.1 Å². The molecule has 6 heterocycles. The fourth-order valence-corrected chi connectivity index (χ4v) is 8.41. The van der Waals surface area contributed by atoms with Gasteiger partial charge in [0.1, 0.15) is 12.1 Å². The molecule has 1 aliphatic carbocycles. The van der Waals surface area contributed by atoms with E-state index in [1.165, 1.54) is 5.39 Å². The maximum Gasteiger partial charge on any atom is 0.262 e. The largest absolute Gasteiger partial charge is 0.474 e. The molecule has 3 aromatic heterocycles. The summed E-state index contributed by atoms with van der Waals surface area (Å²) in [6, 6.07) is 16.8. The number of rotatable bonds is 14. The molecule has 1 N–H and O–H groups in total. The van der Waals surface area contributed by atoms with Gasteiger partial charge in [0, 0.05) is 117 Å². The van der Waals surface area contributed by atoms with Crippen molar-refractivity contribution < 1.29 is 33.4 Å². The summed E-state index contributed by atoms with van der Waals surface area (Å²) in [5.74, 6) is -0.625. The first kappa shape index (κ1) is 38.4. The summed E-state index contributed by atoms with van der Waals surface area (Å²) >= 11 is 0. The smallest absolute Gasteiger partial charge is 0.262 e. The monoisotopic (exact) mass is 797 g/mol. The Labute approximate surface area is 341 Å². The lowest BCUT2D eigenvalue weighted by atomic mass is 9.92. The van der Waals surface area contributed by atoms with E-state index in [9.17, 15) is 19.2 Å². The third-order valence-corrected chi connectivity index (χ3v) is 12.1. The van der Waals surface area contributed by atoms with Gasteiger partial charge in [0.25, 0.3) is 11.8 Å². The summed E-state index contributed by atoms with van der Waals surface area (Å²) in [6.45, 7) is 6.45. The lowest BCUT2D eigenvalue weighted by Crippen LogP contribution is -2.53. The molecule has 0 bridgehead atoms. The Bertz CT molecular complexity index is 2470. The molecule has 304 valence electrons. The van der Waals surface area contributed by atoms with Gasteiger partial charge >= 0.3 is 0 Å². The Morgan fingerprint density at radius 2 is 1.68 bits per heavy atom. The van der Waals surface area contributed by atoms with Crippen LogP contribution in [0.15, 0.2) is 85.5 Å². The van der Waals surface area contributed by atoms with E-state index < -0.39 is 17.9 Å². The van der Waals surface area contributed by atoms with Gasteiger partial charge in [0.15, 0.2) is 0 Å². The number of imide groups is 1. The number of hydrogen-bond donors (Lipinski definition) is 1. The summed E-state index contributed by atoms with van der Waals surface area (Å²) in [7, 11) is 3.86. The number of benzene rings is 2. The molecular formula is C45H47N7O7. The number of hydrogen-bond acceptors (Lipinski definition) is 10. The molecule has 1 saturated carbocycles. The predicted octanol–water partition coefficient (Wildman–Crippen LogP) is 5.25. The van der Waals surface area contributed by atoms with E-state index >= 15 is 0 Å². The number of nitrogens with zero attached hydrogens (tertiary/aromatic N) is 6. The van der Waals surface area contributed by atoms with E-state index in [0.29, 0.717) is 81.2 Å². The molecule has 1 atom stereocenters. The summed E-state index contributed by atoms with van der Waals surface area (Å²) in [5.41, 5.74) is 6.46. The highest BCUT2D eigenvalue weighted by Crippen LogP contribution is 2.34. The Hall–Kier alpha value is -6.12. The van der Waals surface area contributed by atoms with Gasteiger partial charge in [-0.25, -0.2) is 4.98 Å². The summed E-state index contributed by atoms with van der Waals surface area (Å²) < 4.78 is 20.3. The maximum absolute atomic E-state index is 13.2. The molecule has 0 spiro atoms. The van der Waals surface area contributed by atoms with Gasteiger partial charge in [-0.15, -0.1) is 0 Å². The molecule has 2 aromatic carbocycles. The zero-order valence-electron chi connectivity index (χ0n) is 33.3. The van der Waals surface area contributed by atoms with Gasteiger partial charge in [-0.2, -0.15) is 0 Å². The lowest BCUT2D eigenvalue weighted by molar-refractivity contribution is -0.131. The van der Waals surface area contributed by atoms with Crippen molar-refractivity contribution in [2.45, 2.75) is 62.9 Å². The fraction of sp³-hybridized carbons (Fsp3) is 0.378. The minimum Gasteiger partial charge on any atom is -0.474 e. The molecule has 59 heavy (non-hydrogen) atoms. The van der Waals surface area contributed by atoms with Crippen LogP contribution in [0, 0.1) is 0 Å². The zero-order chi connectivity index (χ0) is 40.8. The van der Waals surface area contributed by atoms with Crippen LogP contribution in [0.25, 0.3) is 32.9 Å². The van der Waals surface area contributed by atoms with Crippen molar-refractivity contribution in [1.82, 2.24) is 29.7 Å². The van der Waals surface area contributed by atoms with Crippen molar-refractivity contribution in [3.63, 3.8) is 0 Å². The Morgan fingerprint density at radius 3 is 2.47 bits per heavy atom. The first-order valence-corrected chi connectivity index (χ1v) is 20.3. The maximum atomic E-state index is 13.2. The van der Waals surface area contributed by atoms with Crippen LogP contribution in [0.3, 0.4) is 0 Å². The van der Waals surface area contributed by atoms with Crippen LogP contribution in [-0.4, -0.2) is 112 Å². The van der Waals surface area contributed by atoms with E-state index in [1.54, 1.807) is 24.1 Å². The Balaban J connectivity index is 0.642. The van der Waals surface area contributed by atoms with E-state index in [-0.39, 0.29) is 30.1 Å². The van der Waals surface area contributed by atoms with Gasteiger partial charge in [0.2, 0.25) is 17.7 Å². The summed E-state index contributed by atoms with van der Waals surface area (Å²) in [4.78, 5) is 65.3. The third-order valence-electron chi connectivity index (χ3n) is 12.1. The van der Waals surface area contributed by atoms with Gasteiger partial charge in [-0.1, -0.05) is 18.7 Å². The number of aromatic nitrogens is 3. The van der Waals surface area contributed by atoms with E-state index in [4.69, 9.17) is 14.2 Å². The summed E-state index contributed by atoms with van der Waals surface area (Å²) in [5, 5.41) is 4.98. The molecule has 0 radical (unpaired) electrons. The molecule has 4 amide bonds. The Morgan fingerprint density at radius 1 is 0.881 bits per heavy atom. The minimum atomic E-state index is -0.837. The normalized spacial score (nSPS) is 20.5. The number of nitrogens with one attached hydrogen (secondary N) is 1. The molecule has 4 aliphatic rings. The van der Waals surface area contributed by atoms with E-state index in [1.807, 2.05) is 42.9 Å². The standard InChI is InChI=1S/C45H47N7O7/c1-27-6-12-39(43(54)48-27)52-44(55)35-11-9-30(20-36(35)45(52)56)51-25-33(26-51)58-18-16-49(2)42(53)5-4-17-57-31-21-32(22-31)59-41-13-8-29(23-47-41)28-7-10-34-37-24-46-15-14-38(37)50(3)40(34)19-28/h7-11,13-15,19-20,23-24,31-33,39H,1,4-6,12,16-18,21-22,25-26H2,2-3H3,(H,48,54). The number of pyridine rings is 2. The highest BCUT2D eigenvalue weighted by Gasteiger charge is 2.44. The number of carbonyl (C=O) groups excluding carboxylic acids is 4. The van der Waals surface area contributed by atoms with Crippen LogP contribution < -0.4 is 15.0 Å². The Kier molecular flexibility index (Phi) is 10.4. The van der Waals surface area contributed by atoms with Crippen LogP contribution in [-0.2, 0) is 26.1 Å². The number of piperidine rings is 1. The molecule has 14 nitrogen and oxygen atoms in total. The second-order valence-electron chi connectivity index (χ2n) is 15.9. The number of allylic oxidation sites excluding steroid dienone is 1. The van der Waals surface area contributed by atoms with Crippen molar-refractivity contribution in [3.8, 4) is 17.0 Å². The molecule has 9 rings (SSSR count). The number of fused-ring (bicyclic) bond motifs is 4. The number of ether oxygens (including phenoxy) is 3. The van der Waals surface area contributed by atoms with Crippen LogP contribution in [0.4, 0.5) is 5.69 Å². The van der Waals surface area contributed by atoms with Crippen LogP contribution in [0.2, 0.25) is 0 Å². The van der Waals surface area contributed by atoms with Crippen LogP contribution >= 0.6 is 0 Å². The lowest BCUT2D eigenvalue weighted by Gasteiger charge is -2.41. The average molecular weight is 798 g/mol. The van der Waals surface area contributed by atoms with Gasteiger partial charge in [-0.3, -0.25) is 29.1 Å². The third kappa shape index (κ3) is 7.54. The quantitative estimate of drug-likeness (QED) is 0.117. The number of aryl methyl sites for hydroxylation is 1. The van der Waals surface area contributed by atoms with Crippen LogP contribution in [0.1, 0.15) is 59.2 Å². The van der Waals surface area contributed by atoms with E-state index in [0.717, 1.165) is 51.0 Å². The number of carbonyl (C=O) groups is 4. The SMILES string of the molecule is C=C1CCC(N2C(=O)c3ccc(N4CC(OCCN(C)C(=O)CCCOC5CC(Oc6ccc(-c7ccc8c9cnccc9n(C)c8c7)cn6)C5)C4)cc3C2=O)C(=O)N1.